The average molecular weight is 1080 g/mol. The quantitative estimate of drug-likeness (QED) is 0.0328. The predicted molar refractivity (Wildman–Crippen MR) is 289 cm³/mol. The van der Waals surface area contributed by atoms with Gasteiger partial charge >= 0.3 is 0 Å². The molecule has 2 aromatic heterocycles. The van der Waals surface area contributed by atoms with Gasteiger partial charge < -0.3 is 69.3 Å². The summed E-state index contributed by atoms with van der Waals surface area (Å²) >= 11 is 0. The van der Waals surface area contributed by atoms with Gasteiger partial charge in [-0.3, -0.25) is 47.9 Å². The fraction of sp³-hybridized carbons (Fsp3) is 0.500. The van der Waals surface area contributed by atoms with Crippen molar-refractivity contribution in [2.45, 2.75) is 147 Å². The molecule has 1 aliphatic heterocycles. The summed E-state index contributed by atoms with van der Waals surface area (Å²) < 4.78 is 0. The topological polar surface area (TPSA) is 381 Å². The summed E-state index contributed by atoms with van der Waals surface area (Å²) in [7, 11) is 0. The Morgan fingerprint density at radius 1 is 0.667 bits per heavy atom. The Morgan fingerprint density at radius 3 is 1.94 bits per heavy atom. The summed E-state index contributed by atoms with van der Waals surface area (Å²) in [6, 6.07) is 6.85. The summed E-state index contributed by atoms with van der Waals surface area (Å²) in [6.07, 6.45) is 5.72. The maximum absolute atomic E-state index is 14.3. The van der Waals surface area contributed by atoms with Crippen LogP contribution in [0.25, 0.3) is 10.9 Å². The molecule has 15 N–H and O–H groups in total. The van der Waals surface area contributed by atoms with Gasteiger partial charge in [-0.1, -0.05) is 76.2 Å². The second-order valence-corrected chi connectivity index (χ2v) is 20.7. The predicted octanol–water partition coefficient (Wildman–Crippen LogP) is -0.485. The number of aromatic nitrogens is 3. The van der Waals surface area contributed by atoms with Crippen LogP contribution in [0.1, 0.15) is 96.4 Å². The standard InChI is InChI=1S/C54H76N14O10/c1-30(2)21-41(47(57)71)65-52(76)42(22-31(3)4)66-53(77)44(25-35-27-58-29-60-35)62-46(70)28-68-20-12-11-17-40(54(68)78)64-48(72)32(5)61-51(75)43(24-34-26-59-38-16-10-9-15-36(34)38)67-50(74)39(18-19-45(56)69)63-49(73)37(55)23-33-13-7-6-8-14-33/h6-10,13-16,26-27,29-32,37,39-44,59H,11-12,17-25,28,55H2,1-5H3,(H2,56,69)(H2,57,71)(H,58,60)(H,61,75)(H,62,70)(H,63,73)(H,64,72)(H,65,76)(H,66,77)(H,67,74)/t32-,37+,39-,40-,41-,42-,43-,44-/m0/s1. The van der Waals surface area contributed by atoms with E-state index in [9.17, 15) is 47.9 Å². The van der Waals surface area contributed by atoms with Crippen LogP contribution in [0.5, 0.6) is 0 Å². The van der Waals surface area contributed by atoms with Gasteiger partial charge in [0.25, 0.3) is 0 Å². The highest BCUT2D eigenvalue weighted by molar-refractivity contribution is 5.98. The van der Waals surface area contributed by atoms with Crippen molar-refractivity contribution in [3.8, 4) is 0 Å². The molecule has 24 heteroatoms. The lowest BCUT2D eigenvalue weighted by Gasteiger charge is -2.28. The van der Waals surface area contributed by atoms with Crippen molar-refractivity contribution < 1.29 is 47.9 Å². The highest BCUT2D eigenvalue weighted by atomic mass is 16.2. The maximum atomic E-state index is 14.3. The number of carbonyl (C=O) groups excluding carboxylic acids is 10. The number of benzene rings is 2. The molecule has 0 radical (unpaired) electrons. The number of aromatic amines is 2. The number of hydrogen-bond donors (Lipinski definition) is 12. The Hall–Kier alpha value is -8.15. The van der Waals surface area contributed by atoms with E-state index in [4.69, 9.17) is 17.2 Å². The van der Waals surface area contributed by atoms with Crippen molar-refractivity contribution in [2.75, 3.05) is 13.1 Å². The maximum Gasteiger partial charge on any atom is 0.245 e. The van der Waals surface area contributed by atoms with Crippen LogP contribution in [0.3, 0.4) is 0 Å². The monoisotopic (exact) mass is 1080 g/mol. The molecular weight excluding hydrogens is 1000 g/mol. The molecule has 2 aromatic carbocycles. The summed E-state index contributed by atoms with van der Waals surface area (Å²) in [5.41, 5.74) is 19.9. The first kappa shape index (κ1) is 60.7. The van der Waals surface area contributed by atoms with E-state index >= 15 is 0 Å². The SMILES string of the molecule is CC(C)C[C@H](NC(=O)[C@H](CC(C)C)NC(=O)[C@H](Cc1cnc[nH]1)NC(=O)CN1CCCC[C@H](NC(=O)[C@H](C)NC(=O)[C@H](Cc2c[nH]c3ccccc23)NC(=O)[C@H](CCC(N)=O)NC(=O)[C@H](N)Cc2ccccc2)C1=O)C(N)=O. The minimum absolute atomic E-state index is 0.0289. The average Bonchev–Trinajstić information content (AvgIpc) is 4.04. The van der Waals surface area contributed by atoms with E-state index in [0.717, 1.165) is 16.5 Å². The van der Waals surface area contributed by atoms with Crippen LogP contribution < -0.4 is 54.4 Å². The van der Waals surface area contributed by atoms with Gasteiger partial charge in [0.2, 0.25) is 59.1 Å². The minimum Gasteiger partial charge on any atom is -0.370 e. The summed E-state index contributed by atoms with van der Waals surface area (Å²) in [5, 5.41) is 19.5. The number of nitrogens with two attached hydrogens (primary N) is 3. The number of carbonyl (C=O) groups is 10. The molecule has 0 aliphatic carbocycles. The molecule has 1 aliphatic rings. The van der Waals surface area contributed by atoms with Gasteiger partial charge in [0.05, 0.1) is 18.9 Å². The van der Waals surface area contributed by atoms with E-state index in [1.807, 2.05) is 58.0 Å². The van der Waals surface area contributed by atoms with Gasteiger partial charge in [-0.05, 0) is 80.9 Å². The molecular formula is C54H76N14O10. The minimum atomic E-state index is -1.34. The molecule has 10 amide bonds. The molecule has 0 bridgehead atoms. The number of fused-ring (bicyclic) bond motifs is 1. The first-order valence-electron chi connectivity index (χ1n) is 26.4. The van der Waals surface area contributed by atoms with E-state index in [-0.39, 0.29) is 69.7 Å². The molecule has 0 saturated carbocycles. The normalized spacial score (nSPS) is 16.3. The van der Waals surface area contributed by atoms with Crippen molar-refractivity contribution >= 4 is 70.0 Å². The van der Waals surface area contributed by atoms with Gasteiger partial charge in [-0.2, -0.15) is 0 Å². The number of imidazole rings is 1. The van der Waals surface area contributed by atoms with Crippen molar-refractivity contribution in [3.05, 3.63) is 90.1 Å². The molecule has 0 spiro atoms. The highest BCUT2D eigenvalue weighted by Crippen LogP contribution is 2.20. The van der Waals surface area contributed by atoms with Crippen LogP contribution in [0.15, 0.2) is 73.3 Å². The number of likely N-dealkylation sites (tertiary alicyclic amines) is 1. The van der Waals surface area contributed by atoms with Crippen LogP contribution in [0, 0.1) is 11.8 Å². The summed E-state index contributed by atoms with van der Waals surface area (Å²) in [4.78, 5) is 146. The molecule has 1 saturated heterocycles. The van der Waals surface area contributed by atoms with Crippen molar-refractivity contribution in [3.63, 3.8) is 0 Å². The lowest BCUT2D eigenvalue weighted by atomic mass is 9.99. The number of nitrogens with zero attached hydrogens (tertiary/aromatic N) is 2. The number of nitrogens with one attached hydrogen (secondary N) is 9. The van der Waals surface area contributed by atoms with Crippen LogP contribution >= 0.6 is 0 Å². The van der Waals surface area contributed by atoms with E-state index in [1.54, 1.807) is 30.5 Å². The zero-order valence-electron chi connectivity index (χ0n) is 44.9. The molecule has 1 fully saturated rings. The van der Waals surface area contributed by atoms with Crippen molar-refractivity contribution in [2.24, 2.45) is 29.0 Å². The van der Waals surface area contributed by atoms with E-state index < -0.39 is 114 Å². The van der Waals surface area contributed by atoms with Crippen molar-refractivity contribution in [1.82, 2.24) is 57.1 Å². The third kappa shape index (κ3) is 18.8. The fourth-order valence-corrected chi connectivity index (χ4v) is 9.07. The Bertz CT molecular complexity index is 2710. The molecule has 78 heavy (non-hydrogen) atoms. The van der Waals surface area contributed by atoms with Crippen molar-refractivity contribution in [1.29, 1.82) is 0 Å². The lowest BCUT2D eigenvalue weighted by Crippen LogP contribution is -2.59. The molecule has 8 atom stereocenters. The molecule has 422 valence electrons. The van der Waals surface area contributed by atoms with E-state index in [0.29, 0.717) is 24.1 Å². The number of H-pyrrole nitrogens is 2. The molecule has 4 aromatic rings. The molecule has 24 nitrogen and oxygen atoms in total. The van der Waals surface area contributed by atoms with Crippen LogP contribution in [0.4, 0.5) is 0 Å². The number of primary amides is 2. The van der Waals surface area contributed by atoms with Gasteiger partial charge in [0.1, 0.15) is 42.3 Å². The van der Waals surface area contributed by atoms with Crippen LogP contribution in [0.2, 0.25) is 0 Å². The zero-order valence-corrected chi connectivity index (χ0v) is 44.9. The van der Waals surface area contributed by atoms with Gasteiger partial charge in [0.15, 0.2) is 0 Å². The first-order chi connectivity index (χ1) is 37.1. The van der Waals surface area contributed by atoms with Gasteiger partial charge in [-0.15, -0.1) is 0 Å². The number of amides is 10. The number of hydrogen-bond acceptors (Lipinski definition) is 12. The van der Waals surface area contributed by atoms with Crippen LogP contribution in [-0.2, 0) is 67.2 Å². The summed E-state index contributed by atoms with van der Waals surface area (Å²) in [6.45, 7) is 8.51. The zero-order chi connectivity index (χ0) is 57.1. The lowest BCUT2D eigenvalue weighted by molar-refractivity contribution is -0.140. The smallest absolute Gasteiger partial charge is 0.245 e. The van der Waals surface area contributed by atoms with Crippen LogP contribution in [-0.4, -0.2) is 140 Å². The van der Waals surface area contributed by atoms with E-state index in [1.165, 1.54) is 24.3 Å². The third-order valence-corrected chi connectivity index (χ3v) is 13.2. The first-order valence-corrected chi connectivity index (χ1v) is 26.4. The largest absolute Gasteiger partial charge is 0.370 e. The summed E-state index contributed by atoms with van der Waals surface area (Å²) in [5.74, 6) is -7.13. The highest BCUT2D eigenvalue weighted by Gasteiger charge is 2.35. The Labute approximate surface area is 453 Å². The van der Waals surface area contributed by atoms with Gasteiger partial charge in [0, 0.05) is 54.8 Å². The molecule has 0 unspecified atom stereocenters. The Balaban J connectivity index is 1.26. The Kier molecular flexibility index (Phi) is 22.9. The Morgan fingerprint density at radius 2 is 1.27 bits per heavy atom. The fourth-order valence-electron chi connectivity index (χ4n) is 9.07. The number of rotatable bonds is 29. The second-order valence-electron chi connectivity index (χ2n) is 20.7. The van der Waals surface area contributed by atoms with E-state index in [2.05, 4.69) is 52.2 Å². The molecule has 3 heterocycles. The van der Waals surface area contributed by atoms with Gasteiger partial charge in [-0.25, -0.2) is 4.98 Å². The molecule has 5 rings (SSSR count). The third-order valence-electron chi connectivity index (χ3n) is 13.2. The second kappa shape index (κ2) is 29.4. The number of para-hydroxylation sites is 1.